The molecule has 0 saturated carbocycles. The van der Waals surface area contributed by atoms with Gasteiger partial charge in [0.1, 0.15) is 5.82 Å². The molecule has 2 saturated heterocycles. The van der Waals surface area contributed by atoms with Gasteiger partial charge in [-0.15, -0.1) is 0 Å². The van der Waals surface area contributed by atoms with Crippen LogP contribution in [0.1, 0.15) is 23.2 Å². The zero-order valence-corrected chi connectivity index (χ0v) is 12.1. The molecule has 0 radical (unpaired) electrons. The van der Waals surface area contributed by atoms with Crippen LogP contribution < -0.4 is 5.32 Å². The predicted octanol–water partition coefficient (Wildman–Crippen LogP) is 2.41. The van der Waals surface area contributed by atoms with Crippen LogP contribution in [0.15, 0.2) is 22.7 Å². The van der Waals surface area contributed by atoms with Crippen molar-refractivity contribution >= 4 is 21.8 Å². The molecule has 3 rings (SSSR count). The summed E-state index contributed by atoms with van der Waals surface area (Å²) < 4.78 is 14.6. The van der Waals surface area contributed by atoms with Crippen molar-refractivity contribution in [2.24, 2.45) is 5.92 Å². The maximum atomic E-state index is 13.8. The van der Waals surface area contributed by atoms with Crippen molar-refractivity contribution in [3.8, 4) is 0 Å². The van der Waals surface area contributed by atoms with Gasteiger partial charge in [-0.25, -0.2) is 4.39 Å². The van der Waals surface area contributed by atoms with E-state index in [-0.39, 0.29) is 17.5 Å². The van der Waals surface area contributed by atoms with Crippen LogP contribution in [0.3, 0.4) is 0 Å². The van der Waals surface area contributed by atoms with Crippen molar-refractivity contribution in [2.75, 3.05) is 19.6 Å². The molecule has 102 valence electrons. The summed E-state index contributed by atoms with van der Waals surface area (Å²) in [6, 6.07) is 4.75. The molecule has 0 aromatic heterocycles. The van der Waals surface area contributed by atoms with Gasteiger partial charge in [0.25, 0.3) is 5.91 Å². The summed E-state index contributed by atoms with van der Waals surface area (Å²) in [5, 5.41) is 3.33. The number of carbonyl (C=O) groups excluding carboxylic acids is 1. The smallest absolute Gasteiger partial charge is 0.257 e. The minimum atomic E-state index is -0.443. The average Bonchev–Trinajstić information content (AvgIpc) is 2.89. The van der Waals surface area contributed by atoms with Crippen molar-refractivity contribution in [1.29, 1.82) is 0 Å². The quantitative estimate of drug-likeness (QED) is 0.859. The summed E-state index contributed by atoms with van der Waals surface area (Å²) in [4.78, 5) is 14.4. The van der Waals surface area contributed by atoms with Crippen LogP contribution >= 0.6 is 15.9 Å². The standard InChI is InChI=1S/C14H16BrFN2O/c15-10-3-4-12(16)11(6-10)14(19)18-5-1-2-9-7-17-8-13(9)18/h3-4,6,9,13,17H,1-2,5,7-8H2. The summed E-state index contributed by atoms with van der Waals surface area (Å²) >= 11 is 3.30. The van der Waals surface area contributed by atoms with Crippen molar-refractivity contribution in [1.82, 2.24) is 10.2 Å². The summed E-state index contributed by atoms with van der Waals surface area (Å²) in [6.07, 6.45) is 2.16. The van der Waals surface area contributed by atoms with E-state index in [1.807, 2.05) is 4.90 Å². The lowest BCUT2D eigenvalue weighted by molar-refractivity contribution is 0.0570. The summed E-state index contributed by atoms with van der Waals surface area (Å²) in [7, 11) is 0. The maximum absolute atomic E-state index is 13.8. The highest BCUT2D eigenvalue weighted by Gasteiger charge is 2.38. The Morgan fingerprint density at radius 2 is 2.26 bits per heavy atom. The van der Waals surface area contributed by atoms with E-state index in [9.17, 15) is 9.18 Å². The number of nitrogens with zero attached hydrogens (tertiary/aromatic N) is 1. The lowest BCUT2D eigenvalue weighted by Crippen LogP contribution is -2.48. The van der Waals surface area contributed by atoms with Gasteiger partial charge in [-0.2, -0.15) is 0 Å². The molecule has 1 aromatic carbocycles. The Balaban J connectivity index is 1.88. The van der Waals surface area contributed by atoms with Gasteiger partial charge in [-0.3, -0.25) is 4.79 Å². The first-order valence-corrected chi connectivity index (χ1v) is 7.43. The van der Waals surface area contributed by atoms with Crippen LogP contribution in [-0.2, 0) is 0 Å². The molecule has 2 heterocycles. The summed E-state index contributed by atoms with van der Waals surface area (Å²) in [5.74, 6) is -0.105. The lowest BCUT2D eigenvalue weighted by Gasteiger charge is -2.37. The van der Waals surface area contributed by atoms with Crippen molar-refractivity contribution in [3.05, 3.63) is 34.1 Å². The van der Waals surface area contributed by atoms with E-state index in [4.69, 9.17) is 0 Å². The van der Waals surface area contributed by atoms with Crippen molar-refractivity contribution in [2.45, 2.75) is 18.9 Å². The number of hydrogen-bond donors (Lipinski definition) is 1. The number of rotatable bonds is 1. The normalized spacial score (nSPS) is 26.3. The Kier molecular flexibility index (Phi) is 3.58. The third kappa shape index (κ3) is 2.41. The third-order valence-corrected chi connectivity index (χ3v) is 4.59. The van der Waals surface area contributed by atoms with Crippen molar-refractivity contribution < 1.29 is 9.18 Å². The number of amides is 1. The molecule has 2 aliphatic heterocycles. The molecule has 5 heteroatoms. The van der Waals surface area contributed by atoms with Gasteiger partial charge in [0.05, 0.1) is 5.56 Å². The van der Waals surface area contributed by atoms with Gasteiger partial charge in [0.15, 0.2) is 0 Å². The summed E-state index contributed by atoms with van der Waals surface area (Å²) in [6.45, 7) is 2.52. The maximum Gasteiger partial charge on any atom is 0.257 e. The number of halogens is 2. The molecule has 0 bridgehead atoms. The third-order valence-electron chi connectivity index (χ3n) is 4.10. The first kappa shape index (κ1) is 13.1. The highest BCUT2D eigenvalue weighted by atomic mass is 79.9. The highest BCUT2D eigenvalue weighted by molar-refractivity contribution is 9.10. The second-order valence-electron chi connectivity index (χ2n) is 5.25. The van der Waals surface area contributed by atoms with Crippen LogP contribution in [0, 0.1) is 11.7 Å². The predicted molar refractivity (Wildman–Crippen MR) is 74.5 cm³/mol. The molecule has 1 N–H and O–H groups in total. The van der Waals surface area contributed by atoms with Crippen LogP contribution in [-0.4, -0.2) is 36.5 Å². The van der Waals surface area contributed by atoms with Crippen LogP contribution in [0.25, 0.3) is 0 Å². The second-order valence-corrected chi connectivity index (χ2v) is 6.17. The Morgan fingerprint density at radius 3 is 3.11 bits per heavy atom. The molecule has 2 aliphatic rings. The molecule has 3 nitrogen and oxygen atoms in total. The molecule has 2 atom stereocenters. The second kappa shape index (κ2) is 5.21. The minimum absolute atomic E-state index is 0.168. The number of likely N-dealkylation sites (tertiary alicyclic amines) is 1. The Morgan fingerprint density at radius 1 is 1.42 bits per heavy atom. The van der Waals surface area contributed by atoms with E-state index in [0.717, 1.165) is 36.9 Å². The first-order valence-electron chi connectivity index (χ1n) is 6.63. The van der Waals surface area contributed by atoms with Crippen LogP contribution in [0.5, 0.6) is 0 Å². The van der Waals surface area contributed by atoms with Gasteiger partial charge in [0.2, 0.25) is 0 Å². The molecule has 1 aromatic rings. The number of fused-ring (bicyclic) bond motifs is 1. The summed E-state index contributed by atoms with van der Waals surface area (Å²) in [5.41, 5.74) is 0.168. The molecule has 0 spiro atoms. The number of hydrogen-bond acceptors (Lipinski definition) is 2. The van der Waals surface area contributed by atoms with E-state index in [0.29, 0.717) is 5.92 Å². The Bertz CT molecular complexity index is 508. The van der Waals surface area contributed by atoms with Gasteiger partial charge in [-0.05, 0) is 37.0 Å². The monoisotopic (exact) mass is 326 g/mol. The van der Waals surface area contributed by atoms with E-state index >= 15 is 0 Å². The molecule has 0 aliphatic carbocycles. The Hall–Kier alpha value is -0.940. The number of carbonyl (C=O) groups is 1. The molecule has 2 unspecified atom stereocenters. The fourth-order valence-electron chi connectivity index (χ4n) is 3.14. The number of benzene rings is 1. The van der Waals surface area contributed by atoms with Crippen molar-refractivity contribution in [3.63, 3.8) is 0 Å². The zero-order chi connectivity index (χ0) is 13.4. The Labute approximate surface area is 120 Å². The fraction of sp³-hybridized carbons (Fsp3) is 0.500. The van der Waals surface area contributed by atoms with Crippen LogP contribution in [0.2, 0.25) is 0 Å². The van der Waals surface area contributed by atoms with Gasteiger partial charge in [-0.1, -0.05) is 15.9 Å². The molecular formula is C14H16BrFN2O. The molecule has 1 amide bonds. The topological polar surface area (TPSA) is 32.3 Å². The van der Waals surface area contributed by atoms with E-state index in [1.165, 1.54) is 6.07 Å². The minimum Gasteiger partial charge on any atom is -0.334 e. The van der Waals surface area contributed by atoms with Gasteiger partial charge >= 0.3 is 0 Å². The molecule has 19 heavy (non-hydrogen) atoms. The molecule has 2 fully saturated rings. The van der Waals surface area contributed by atoms with Crippen LogP contribution in [0.4, 0.5) is 4.39 Å². The van der Waals surface area contributed by atoms with E-state index in [1.54, 1.807) is 12.1 Å². The lowest BCUT2D eigenvalue weighted by atomic mass is 9.91. The first-order chi connectivity index (χ1) is 9.16. The largest absolute Gasteiger partial charge is 0.334 e. The number of piperidine rings is 1. The van der Waals surface area contributed by atoms with Gasteiger partial charge < -0.3 is 10.2 Å². The highest BCUT2D eigenvalue weighted by Crippen LogP contribution is 2.28. The van der Waals surface area contributed by atoms with E-state index < -0.39 is 5.82 Å². The van der Waals surface area contributed by atoms with E-state index in [2.05, 4.69) is 21.2 Å². The SMILES string of the molecule is O=C(c1cc(Br)ccc1F)N1CCCC2CNCC21. The zero-order valence-electron chi connectivity index (χ0n) is 10.5. The fourth-order valence-corrected chi connectivity index (χ4v) is 3.50. The average molecular weight is 327 g/mol. The van der Waals surface area contributed by atoms with Gasteiger partial charge in [0, 0.05) is 30.1 Å². The number of nitrogens with one attached hydrogen (secondary N) is 1. The molecular weight excluding hydrogens is 311 g/mol.